The molecule has 0 aliphatic rings. The lowest BCUT2D eigenvalue weighted by Crippen LogP contribution is -2.47. The Balaban J connectivity index is 1.76. The predicted octanol–water partition coefficient (Wildman–Crippen LogP) is 1.92. The van der Waals surface area contributed by atoms with Crippen LogP contribution >= 0.6 is 11.3 Å². The van der Waals surface area contributed by atoms with Crippen molar-refractivity contribution in [2.75, 3.05) is 6.61 Å². The van der Waals surface area contributed by atoms with Gasteiger partial charge in [0, 0.05) is 16.2 Å². The molecule has 1 heterocycles. The lowest BCUT2D eigenvalue weighted by atomic mass is 9.92. The highest BCUT2D eigenvalue weighted by molar-refractivity contribution is 7.15. The molecule has 5 atom stereocenters. The summed E-state index contributed by atoms with van der Waals surface area (Å²) in [5, 5.41) is 59.0. The number of thiophene rings is 1. The standard InChI is InChI=1S/C24H27FO6S/c1-13-2-3-15(21(28)23(30)24(31)22(29)19(27)12-26)10-16(13)11-18-8-9-20(32-18)14-4-6-17(25)7-5-14/h2-10,19,21-24,26-31H,11-12H2,1H3/t19-,21?,22?,23-,24-/m0/s1. The van der Waals surface area contributed by atoms with E-state index in [4.69, 9.17) is 5.11 Å². The summed E-state index contributed by atoms with van der Waals surface area (Å²) in [7, 11) is 0. The van der Waals surface area contributed by atoms with Gasteiger partial charge in [-0.1, -0.05) is 30.3 Å². The second-order valence-electron chi connectivity index (χ2n) is 7.80. The summed E-state index contributed by atoms with van der Waals surface area (Å²) in [5.74, 6) is -0.290. The first-order valence-corrected chi connectivity index (χ1v) is 11.0. The van der Waals surface area contributed by atoms with Crippen LogP contribution in [-0.4, -0.2) is 61.7 Å². The number of halogens is 1. The molecule has 0 bridgehead atoms. The van der Waals surface area contributed by atoms with Crippen molar-refractivity contribution in [3.05, 3.63) is 82.0 Å². The summed E-state index contributed by atoms with van der Waals surface area (Å²) in [6.07, 6.45) is -8.02. The Labute approximate surface area is 189 Å². The second kappa shape index (κ2) is 10.6. The van der Waals surface area contributed by atoms with Gasteiger partial charge in [-0.3, -0.25) is 0 Å². The van der Waals surface area contributed by atoms with Crippen LogP contribution in [0, 0.1) is 12.7 Å². The Morgan fingerprint density at radius 2 is 1.53 bits per heavy atom. The number of aliphatic hydroxyl groups excluding tert-OH is 6. The topological polar surface area (TPSA) is 121 Å². The molecule has 6 nitrogen and oxygen atoms in total. The summed E-state index contributed by atoms with van der Waals surface area (Å²) in [4.78, 5) is 2.06. The van der Waals surface area contributed by atoms with E-state index in [1.165, 1.54) is 12.1 Å². The minimum absolute atomic E-state index is 0.290. The molecule has 0 saturated heterocycles. The van der Waals surface area contributed by atoms with Gasteiger partial charge < -0.3 is 30.6 Å². The molecule has 6 N–H and O–H groups in total. The number of aliphatic hydroxyl groups is 6. The zero-order valence-electron chi connectivity index (χ0n) is 17.5. The van der Waals surface area contributed by atoms with Gasteiger partial charge >= 0.3 is 0 Å². The van der Waals surface area contributed by atoms with Gasteiger partial charge in [0.15, 0.2) is 0 Å². The van der Waals surface area contributed by atoms with Gasteiger partial charge in [0.1, 0.15) is 36.3 Å². The van der Waals surface area contributed by atoms with Gasteiger partial charge in [-0.15, -0.1) is 11.3 Å². The molecule has 0 saturated carbocycles. The minimum Gasteiger partial charge on any atom is -0.394 e. The number of hydrogen-bond acceptors (Lipinski definition) is 7. The molecule has 172 valence electrons. The van der Waals surface area contributed by atoms with Crippen molar-refractivity contribution in [3.8, 4) is 10.4 Å². The van der Waals surface area contributed by atoms with Crippen LogP contribution in [0.2, 0.25) is 0 Å². The van der Waals surface area contributed by atoms with Gasteiger partial charge in [0.05, 0.1) is 6.61 Å². The first-order valence-electron chi connectivity index (χ1n) is 10.2. The van der Waals surface area contributed by atoms with Crippen LogP contribution < -0.4 is 0 Å². The normalized spacial score (nSPS) is 16.4. The Morgan fingerprint density at radius 1 is 0.844 bits per heavy atom. The van der Waals surface area contributed by atoms with Crippen molar-refractivity contribution in [3.63, 3.8) is 0 Å². The Bertz CT molecular complexity index is 1020. The van der Waals surface area contributed by atoms with Crippen molar-refractivity contribution in [1.29, 1.82) is 0 Å². The Kier molecular flexibility index (Phi) is 8.13. The smallest absolute Gasteiger partial charge is 0.123 e. The number of aryl methyl sites for hydroxylation is 1. The Hall–Kier alpha value is -2.17. The van der Waals surface area contributed by atoms with Crippen LogP contribution in [0.4, 0.5) is 4.39 Å². The maximum Gasteiger partial charge on any atom is 0.123 e. The van der Waals surface area contributed by atoms with Gasteiger partial charge in [0.2, 0.25) is 0 Å². The summed E-state index contributed by atoms with van der Waals surface area (Å²) in [5.41, 5.74) is 3.15. The van der Waals surface area contributed by atoms with Crippen LogP contribution in [0.1, 0.15) is 27.7 Å². The summed E-state index contributed by atoms with van der Waals surface area (Å²) in [6, 6.07) is 15.4. The maximum atomic E-state index is 13.2. The highest BCUT2D eigenvalue weighted by Crippen LogP contribution is 2.31. The van der Waals surface area contributed by atoms with Crippen LogP contribution in [0.3, 0.4) is 0 Å². The number of benzene rings is 2. The number of hydrogen-bond donors (Lipinski definition) is 6. The molecule has 8 heteroatoms. The van der Waals surface area contributed by atoms with E-state index < -0.39 is 37.1 Å². The zero-order valence-corrected chi connectivity index (χ0v) is 18.3. The maximum absolute atomic E-state index is 13.2. The fourth-order valence-corrected chi connectivity index (χ4v) is 4.45. The van der Waals surface area contributed by atoms with Gasteiger partial charge in [0.25, 0.3) is 0 Å². The van der Waals surface area contributed by atoms with E-state index in [9.17, 15) is 29.9 Å². The van der Waals surface area contributed by atoms with Crippen molar-refractivity contribution in [1.82, 2.24) is 0 Å². The SMILES string of the molecule is Cc1ccc(C(O)[C@H](O)[C@@H](O)C(O)[C@@H](O)CO)cc1Cc1ccc(-c2ccc(F)cc2)s1. The highest BCUT2D eigenvalue weighted by Gasteiger charge is 2.34. The molecular weight excluding hydrogens is 435 g/mol. The van der Waals surface area contributed by atoms with Crippen LogP contribution in [0.25, 0.3) is 10.4 Å². The zero-order chi connectivity index (χ0) is 23.4. The van der Waals surface area contributed by atoms with E-state index in [-0.39, 0.29) is 5.82 Å². The van der Waals surface area contributed by atoms with E-state index in [0.717, 1.165) is 26.4 Å². The van der Waals surface area contributed by atoms with Crippen molar-refractivity contribution in [2.45, 2.75) is 43.9 Å². The molecule has 0 radical (unpaired) electrons. The third-order valence-corrected chi connectivity index (χ3v) is 6.61. The quantitative estimate of drug-likeness (QED) is 0.289. The fraction of sp³-hybridized carbons (Fsp3) is 0.333. The molecule has 0 aliphatic heterocycles. The monoisotopic (exact) mass is 462 g/mol. The molecule has 32 heavy (non-hydrogen) atoms. The van der Waals surface area contributed by atoms with Crippen LogP contribution in [-0.2, 0) is 6.42 Å². The number of rotatable bonds is 9. The predicted molar refractivity (Wildman–Crippen MR) is 120 cm³/mol. The average molecular weight is 463 g/mol. The van der Waals surface area contributed by atoms with Crippen molar-refractivity contribution in [2.24, 2.45) is 0 Å². The van der Waals surface area contributed by atoms with Crippen molar-refractivity contribution < 1.29 is 35.0 Å². The Morgan fingerprint density at radius 3 is 2.19 bits per heavy atom. The molecule has 1 aromatic heterocycles. The molecule has 0 fully saturated rings. The van der Waals surface area contributed by atoms with E-state index in [1.54, 1.807) is 41.7 Å². The van der Waals surface area contributed by atoms with Gasteiger partial charge in [-0.05, 0) is 53.4 Å². The van der Waals surface area contributed by atoms with E-state index in [1.807, 2.05) is 19.1 Å². The van der Waals surface area contributed by atoms with E-state index >= 15 is 0 Å². The largest absolute Gasteiger partial charge is 0.394 e. The molecule has 3 aromatic rings. The molecule has 0 aliphatic carbocycles. The van der Waals surface area contributed by atoms with E-state index in [2.05, 4.69) is 0 Å². The first kappa shape index (κ1) is 24.5. The van der Waals surface area contributed by atoms with Crippen LogP contribution in [0.15, 0.2) is 54.6 Å². The second-order valence-corrected chi connectivity index (χ2v) is 8.97. The lowest BCUT2D eigenvalue weighted by Gasteiger charge is -2.29. The molecular formula is C24H27FO6S. The molecule has 3 rings (SSSR count). The van der Waals surface area contributed by atoms with E-state index in [0.29, 0.717) is 12.0 Å². The van der Waals surface area contributed by atoms with Crippen LogP contribution in [0.5, 0.6) is 0 Å². The highest BCUT2D eigenvalue weighted by atomic mass is 32.1. The summed E-state index contributed by atoms with van der Waals surface area (Å²) < 4.78 is 13.2. The fourth-order valence-electron chi connectivity index (χ4n) is 3.42. The van der Waals surface area contributed by atoms with Gasteiger partial charge in [-0.2, -0.15) is 0 Å². The summed E-state index contributed by atoms with van der Waals surface area (Å²) >= 11 is 1.57. The first-order chi connectivity index (χ1) is 15.2. The molecule has 2 aromatic carbocycles. The third-order valence-electron chi connectivity index (χ3n) is 5.47. The molecule has 0 spiro atoms. The van der Waals surface area contributed by atoms with Crippen molar-refractivity contribution >= 4 is 11.3 Å². The molecule has 0 amide bonds. The lowest BCUT2D eigenvalue weighted by molar-refractivity contribution is -0.141. The summed E-state index contributed by atoms with van der Waals surface area (Å²) in [6.45, 7) is 1.13. The van der Waals surface area contributed by atoms with Gasteiger partial charge in [-0.25, -0.2) is 4.39 Å². The minimum atomic E-state index is -1.85. The molecule has 2 unspecified atom stereocenters. The third kappa shape index (κ3) is 5.60. The average Bonchev–Trinajstić information content (AvgIpc) is 3.26.